The molecular formula is C61H37FN4. The lowest BCUT2D eigenvalue weighted by Gasteiger charge is -2.32. The number of benzene rings is 11. The molecule has 0 saturated carbocycles. The summed E-state index contributed by atoms with van der Waals surface area (Å²) in [7, 11) is 0. The van der Waals surface area contributed by atoms with Crippen LogP contribution in [0.4, 0.5) is 38.8 Å². The third-order valence-corrected chi connectivity index (χ3v) is 14.1. The maximum atomic E-state index is 16.8. The standard InChI is InChI=1S/C61H37FN4/c62-51-25-11-13-27-55(51)66(56-28-14-24-50-59(56)44-20-7-10-23-49(44)61(50)47-21-8-5-18-42(47)43-19-6-9-22-48(43)61)54-36-32-39-29-33-45-53(35-31-38-30-34-46(54)58(39)57(38)45)65(41-16-2-1-3-17-41)60-63-37-40-15-4-12-26-52(40)64-60/h1-37H. The van der Waals surface area contributed by atoms with E-state index in [1.165, 1.54) is 33.4 Å². The van der Waals surface area contributed by atoms with Crippen LogP contribution in [0.5, 0.6) is 0 Å². The number of hydrogen-bond donors (Lipinski definition) is 0. The van der Waals surface area contributed by atoms with Crippen LogP contribution in [0.15, 0.2) is 225 Å². The molecule has 66 heavy (non-hydrogen) atoms. The van der Waals surface area contributed by atoms with Crippen LogP contribution in [-0.2, 0) is 5.41 Å². The van der Waals surface area contributed by atoms with E-state index in [-0.39, 0.29) is 5.82 Å². The lowest BCUT2D eigenvalue weighted by atomic mass is 9.70. The zero-order chi connectivity index (χ0) is 43.5. The van der Waals surface area contributed by atoms with Crippen molar-refractivity contribution in [1.82, 2.24) is 9.97 Å². The minimum atomic E-state index is -0.547. The van der Waals surface area contributed by atoms with Crippen molar-refractivity contribution in [3.63, 3.8) is 0 Å². The highest BCUT2D eigenvalue weighted by molar-refractivity contribution is 6.28. The van der Waals surface area contributed by atoms with Crippen molar-refractivity contribution in [2.75, 3.05) is 9.80 Å². The maximum Gasteiger partial charge on any atom is 0.235 e. The molecule has 0 fully saturated rings. The Kier molecular flexibility index (Phi) is 7.75. The van der Waals surface area contributed by atoms with Crippen LogP contribution >= 0.6 is 0 Å². The summed E-state index contributed by atoms with van der Waals surface area (Å²) in [6.07, 6.45) is 1.90. The van der Waals surface area contributed by atoms with Crippen LogP contribution in [-0.4, -0.2) is 9.97 Å². The summed E-state index contributed by atoms with van der Waals surface area (Å²) < 4.78 is 16.8. The monoisotopic (exact) mass is 844 g/mol. The van der Waals surface area contributed by atoms with Gasteiger partial charge in [0, 0.05) is 33.6 Å². The van der Waals surface area contributed by atoms with Crippen molar-refractivity contribution in [1.29, 1.82) is 0 Å². The molecule has 1 heterocycles. The molecule has 308 valence electrons. The summed E-state index contributed by atoms with van der Waals surface area (Å²) in [4.78, 5) is 14.4. The summed E-state index contributed by atoms with van der Waals surface area (Å²) >= 11 is 0. The van der Waals surface area contributed by atoms with Crippen LogP contribution in [0.1, 0.15) is 22.3 Å². The van der Waals surface area contributed by atoms with E-state index in [1.807, 2.05) is 60.8 Å². The Labute approximate surface area is 380 Å². The average molecular weight is 845 g/mol. The Morgan fingerprint density at radius 3 is 1.61 bits per heavy atom. The number of fused-ring (bicyclic) bond motifs is 11. The first-order chi connectivity index (χ1) is 32.7. The van der Waals surface area contributed by atoms with Gasteiger partial charge < -0.3 is 4.90 Å². The molecule has 14 rings (SSSR count). The minimum absolute atomic E-state index is 0.297. The quantitative estimate of drug-likeness (QED) is 0.156. The van der Waals surface area contributed by atoms with E-state index in [4.69, 9.17) is 9.97 Å². The molecule has 11 aromatic carbocycles. The summed E-state index contributed by atoms with van der Waals surface area (Å²) in [5.74, 6) is 0.291. The number of nitrogens with zero attached hydrogens (tertiary/aromatic N) is 4. The molecule has 5 heteroatoms. The number of halogens is 1. The van der Waals surface area contributed by atoms with Crippen LogP contribution in [0, 0.1) is 5.82 Å². The number of rotatable bonds is 6. The predicted molar refractivity (Wildman–Crippen MR) is 269 cm³/mol. The van der Waals surface area contributed by atoms with Gasteiger partial charge in [-0.15, -0.1) is 0 Å². The summed E-state index contributed by atoms with van der Waals surface area (Å²) in [5.41, 5.74) is 14.3. The first kappa shape index (κ1) is 36.8. The molecule has 0 bridgehead atoms. The van der Waals surface area contributed by atoms with Gasteiger partial charge in [0.25, 0.3) is 0 Å². The fourth-order valence-corrected chi connectivity index (χ4v) is 11.5. The van der Waals surface area contributed by atoms with Gasteiger partial charge in [-0.1, -0.05) is 170 Å². The first-order valence-electron chi connectivity index (χ1n) is 22.4. The predicted octanol–water partition coefficient (Wildman–Crippen LogP) is 15.9. The Balaban J connectivity index is 1.04. The topological polar surface area (TPSA) is 32.3 Å². The van der Waals surface area contributed by atoms with E-state index in [1.54, 1.807) is 12.1 Å². The van der Waals surface area contributed by atoms with Gasteiger partial charge in [0.1, 0.15) is 5.82 Å². The van der Waals surface area contributed by atoms with Gasteiger partial charge in [-0.3, -0.25) is 4.90 Å². The molecule has 2 aliphatic carbocycles. The van der Waals surface area contributed by atoms with E-state index in [2.05, 4.69) is 161 Å². The number of aromatic nitrogens is 2. The van der Waals surface area contributed by atoms with Gasteiger partial charge in [0.05, 0.1) is 33.7 Å². The first-order valence-corrected chi connectivity index (χ1v) is 22.4. The molecule has 0 aliphatic heterocycles. The van der Waals surface area contributed by atoms with Gasteiger partial charge >= 0.3 is 0 Å². The summed E-state index contributed by atoms with van der Waals surface area (Å²) in [5, 5.41) is 7.53. The second kappa shape index (κ2) is 13.9. The molecule has 12 aromatic rings. The maximum absolute atomic E-state index is 16.8. The number of anilines is 6. The van der Waals surface area contributed by atoms with E-state index in [0.717, 1.165) is 77.1 Å². The second-order valence-corrected chi connectivity index (χ2v) is 17.4. The molecular weight excluding hydrogens is 808 g/mol. The van der Waals surface area contributed by atoms with Crippen molar-refractivity contribution >= 4 is 77.6 Å². The summed E-state index contributed by atoms with van der Waals surface area (Å²) in [6.45, 7) is 0. The van der Waals surface area contributed by atoms with Crippen molar-refractivity contribution in [2.45, 2.75) is 5.41 Å². The third kappa shape index (κ3) is 4.97. The van der Waals surface area contributed by atoms with Gasteiger partial charge in [-0.25, -0.2) is 14.4 Å². The highest BCUT2D eigenvalue weighted by Gasteiger charge is 2.52. The molecule has 0 N–H and O–H groups in total. The van der Waals surface area contributed by atoms with E-state index in [0.29, 0.717) is 11.6 Å². The van der Waals surface area contributed by atoms with Crippen molar-refractivity contribution in [2.24, 2.45) is 0 Å². The molecule has 0 saturated heterocycles. The fourth-order valence-electron chi connectivity index (χ4n) is 11.5. The zero-order valence-electron chi connectivity index (χ0n) is 35.5. The van der Waals surface area contributed by atoms with Gasteiger partial charge in [-0.05, 0) is 109 Å². The van der Waals surface area contributed by atoms with Gasteiger partial charge in [-0.2, -0.15) is 0 Å². The molecule has 2 aliphatic rings. The Morgan fingerprint density at radius 2 is 0.909 bits per heavy atom. The molecule has 0 unspecified atom stereocenters. The minimum Gasteiger partial charge on any atom is -0.306 e. The lowest BCUT2D eigenvalue weighted by Crippen LogP contribution is -2.26. The van der Waals surface area contributed by atoms with Crippen molar-refractivity contribution in [3.8, 4) is 22.3 Å². The molecule has 0 amide bonds. The van der Waals surface area contributed by atoms with Crippen LogP contribution in [0.3, 0.4) is 0 Å². The van der Waals surface area contributed by atoms with Crippen LogP contribution < -0.4 is 9.80 Å². The van der Waals surface area contributed by atoms with Gasteiger partial charge in [0.15, 0.2) is 0 Å². The molecule has 0 atom stereocenters. The van der Waals surface area contributed by atoms with Crippen molar-refractivity contribution in [3.05, 3.63) is 253 Å². The second-order valence-electron chi connectivity index (χ2n) is 17.4. The molecule has 4 nitrogen and oxygen atoms in total. The lowest BCUT2D eigenvalue weighted by molar-refractivity contribution is 0.629. The van der Waals surface area contributed by atoms with Crippen molar-refractivity contribution < 1.29 is 4.39 Å². The van der Waals surface area contributed by atoms with E-state index in [9.17, 15) is 0 Å². The molecule has 1 spiro atoms. The normalized spacial score (nSPS) is 13.0. The largest absolute Gasteiger partial charge is 0.306 e. The SMILES string of the molecule is Fc1ccccc1N(c1cccc2c1-c1ccccc1C21c2ccccc2-c2ccccc21)c1ccc2ccc3c(N(c4ccccc4)c4ncc5ccccc5n4)ccc4ccc1c2c43. The average Bonchev–Trinajstić information content (AvgIpc) is 3.85. The Hall–Kier alpha value is -8.67. The summed E-state index contributed by atoms with van der Waals surface area (Å²) in [6, 6.07) is 76.4. The highest BCUT2D eigenvalue weighted by Crippen LogP contribution is 2.65. The zero-order valence-corrected chi connectivity index (χ0v) is 35.5. The Bertz CT molecular complexity index is 3890. The Morgan fingerprint density at radius 1 is 0.379 bits per heavy atom. The number of hydrogen-bond acceptors (Lipinski definition) is 4. The fraction of sp³-hybridized carbons (Fsp3) is 0.0164. The number of para-hydroxylation sites is 3. The molecule has 1 aromatic heterocycles. The van der Waals surface area contributed by atoms with Gasteiger partial charge in [0.2, 0.25) is 5.95 Å². The molecule has 0 radical (unpaired) electrons. The van der Waals surface area contributed by atoms with E-state index < -0.39 is 5.41 Å². The van der Waals surface area contributed by atoms with Crippen LogP contribution in [0.2, 0.25) is 0 Å². The van der Waals surface area contributed by atoms with Crippen LogP contribution in [0.25, 0.3) is 65.5 Å². The highest BCUT2D eigenvalue weighted by atomic mass is 19.1. The van der Waals surface area contributed by atoms with E-state index >= 15 is 4.39 Å². The third-order valence-electron chi connectivity index (χ3n) is 14.1. The smallest absolute Gasteiger partial charge is 0.235 e.